The molecule has 1 heterocycles. The minimum Gasteiger partial charge on any atom is -0.409 e. The summed E-state index contributed by atoms with van der Waals surface area (Å²) in [6.07, 6.45) is -0.953. The van der Waals surface area contributed by atoms with E-state index in [1.54, 1.807) is 7.11 Å². The molecule has 9 heteroatoms. The van der Waals surface area contributed by atoms with Crippen molar-refractivity contribution < 1.29 is 22.8 Å². The minimum absolute atomic E-state index is 0.0508. The van der Waals surface area contributed by atoms with Crippen LogP contribution in [0, 0.1) is 0 Å². The van der Waals surface area contributed by atoms with Gasteiger partial charge in [-0.1, -0.05) is 84.9 Å². The molecule has 34 heavy (non-hydrogen) atoms. The second-order valence-electron chi connectivity index (χ2n) is 9.91. The van der Waals surface area contributed by atoms with Crippen molar-refractivity contribution in [2.75, 3.05) is 11.5 Å². The SMILES string of the molecule is CC[Si](CC)(CC)O[C@@H]1[C@@H](O[Si](CC)(CC)CC)[C@@H](OC)O[C@H](CI)[C@H]1O[Si](CC)(CC)CC. The van der Waals surface area contributed by atoms with Gasteiger partial charge in [-0.3, -0.25) is 0 Å². The van der Waals surface area contributed by atoms with Crippen LogP contribution in [0.25, 0.3) is 0 Å². The third-order valence-corrected chi connectivity index (χ3v) is 23.7. The number of alkyl halides is 1. The predicted octanol–water partition coefficient (Wildman–Crippen LogP) is 7.96. The lowest BCUT2D eigenvalue weighted by Crippen LogP contribution is -2.67. The van der Waals surface area contributed by atoms with Crippen LogP contribution in [0.5, 0.6) is 0 Å². The van der Waals surface area contributed by atoms with Crippen molar-refractivity contribution in [3.05, 3.63) is 0 Å². The van der Waals surface area contributed by atoms with Crippen LogP contribution in [-0.2, 0) is 22.8 Å². The molecule has 0 bridgehead atoms. The van der Waals surface area contributed by atoms with Crippen LogP contribution < -0.4 is 0 Å². The standard InChI is InChI=1S/C25H55IO5Si3/c1-11-32(12-2,13-3)29-22-21(20-26)28-25(27-10)24(31-34(17-7,18-8)19-9)23(22)30-33(14-4,15-5)16-6/h21-25H,11-20H2,1-10H3/t21-,22-,23+,24-,25+/m1/s1. The number of ether oxygens (including phenoxy) is 2. The van der Waals surface area contributed by atoms with E-state index in [1.807, 2.05) is 0 Å². The zero-order valence-electron chi connectivity index (χ0n) is 23.9. The van der Waals surface area contributed by atoms with E-state index in [2.05, 4.69) is 84.9 Å². The molecule has 0 aromatic carbocycles. The number of hydrogen-bond donors (Lipinski definition) is 0. The summed E-state index contributed by atoms with van der Waals surface area (Å²) in [5.41, 5.74) is 0. The Hall–Kier alpha value is 1.18. The molecular weight excluding hydrogens is 591 g/mol. The van der Waals surface area contributed by atoms with Crippen LogP contribution in [0.2, 0.25) is 54.4 Å². The largest absolute Gasteiger partial charge is 0.409 e. The Morgan fingerprint density at radius 1 is 0.559 bits per heavy atom. The molecule has 0 spiro atoms. The Balaban J connectivity index is 3.64. The van der Waals surface area contributed by atoms with Crippen molar-refractivity contribution in [2.24, 2.45) is 0 Å². The lowest BCUT2D eigenvalue weighted by molar-refractivity contribution is -0.274. The highest BCUT2D eigenvalue weighted by Gasteiger charge is 2.54. The fraction of sp³-hybridized carbons (Fsp3) is 1.00. The quantitative estimate of drug-likeness (QED) is 0.0912. The first-order chi connectivity index (χ1) is 16.2. The summed E-state index contributed by atoms with van der Waals surface area (Å²) in [6, 6.07) is 9.96. The van der Waals surface area contributed by atoms with Crippen molar-refractivity contribution in [1.82, 2.24) is 0 Å². The van der Waals surface area contributed by atoms with E-state index >= 15 is 0 Å². The molecular formula is C25H55IO5Si3. The zero-order chi connectivity index (χ0) is 26.0. The van der Waals surface area contributed by atoms with Gasteiger partial charge in [0.25, 0.3) is 0 Å². The molecule has 1 fully saturated rings. The van der Waals surface area contributed by atoms with E-state index < -0.39 is 31.2 Å². The van der Waals surface area contributed by atoms with E-state index in [4.69, 9.17) is 22.8 Å². The monoisotopic (exact) mass is 646 g/mol. The van der Waals surface area contributed by atoms with Crippen LogP contribution >= 0.6 is 22.6 Å². The van der Waals surface area contributed by atoms with Crippen molar-refractivity contribution >= 4 is 47.5 Å². The van der Waals surface area contributed by atoms with Crippen LogP contribution in [-0.4, -0.2) is 67.2 Å². The van der Waals surface area contributed by atoms with Gasteiger partial charge >= 0.3 is 0 Å². The first kappa shape index (κ1) is 33.2. The summed E-state index contributed by atoms with van der Waals surface area (Å²) in [5, 5.41) is 0. The van der Waals surface area contributed by atoms with Gasteiger partial charge in [-0.25, -0.2) is 0 Å². The van der Waals surface area contributed by atoms with E-state index in [9.17, 15) is 0 Å². The maximum atomic E-state index is 7.34. The molecule has 1 saturated heterocycles. The number of halogens is 1. The first-order valence-corrected chi connectivity index (χ1v) is 23.1. The summed E-state index contributed by atoms with van der Waals surface area (Å²) in [4.78, 5) is 0. The van der Waals surface area contributed by atoms with Gasteiger partial charge in [-0.05, 0) is 54.4 Å². The van der Waals surface area contributed by atoms with Crippen LogP contribution in [0.3, 0.4) is 0 Å². The third-order valence-electron chi connectivity index (χ3n) is 8.93. The number of hydrogen-bond acceptors (Lipinski definition) is 5. The van der Waals surface area contributed by atoms with Crippen LogP contribution in [0.4, 0.5) is 0 Å². The Morgan fingerprint density at radius 2 is 0.882 bits per heavy atom. The van der Waals surface area contributed by atoms with Gasteiger partial charge in [0.1, 0.15) is 12.2 Å². The molecule has 0 unspecified atom stereocenters. The minimum atomic E-state index is -1.93. The fourth-order valence-corrected chi connectivity index (χ4v) is 14.7. The van der Waals surface area contributed by atoms with E-state index in [0.29, 0.717) is 0 Å². The maximum Gasteiger partial charge on any atom is 0.192 e. The Labute approximate surface area is 228 Å². The molecule has 0 radical (unpaired) electrons. The molecule has 0 saturated carbocycles. The lowest BCUT2D eigenvalue weighted by Gasteiger charge is -2.52. The predicted molar refractivity (Wildman–Crippen MR) is 161 cm³/mol. The van der Waals surface area contributed by atoms with Gasteiger partial charge in [0.05, 0.1) is 12.2 Å². The summed E-state index contributed by atoms with van der Waals surface area (Å²) >= 11 is 2.45. The molecule has 1 rings (SSSR count). The van der Waals surface area contributed by atoms with Crippen molar-refractivity contribution in [1.29, 1.82) is 0 Å². The number of rotatable bonds is 17. The molecule has 5 atom stereocenters. The van der Waals surface area contributed by atoms with E-state index in [-0.39, 0.29) is 24.4 Å². The smallest absolute Gasteiger partial charge is 0.192 e. The van der Waals surface area contributed by atoms with E-state index in [0.717, 1.165) is 58.8 Å². The van der Waals surface area contributed by atoms with Crippen molar-refractivity contribution in [3.63, 3.8) is 0 Å². The maximum absolute atomic E-state index is 7.34. The number of methoxy groups -OCH3 is 1. The van der Waals surface area contributed by atoms with Crippen LogP contribution in [0.15, 0.2) is 0 Å². The molecule has 5 nitrogen and oxygen atoms in total. The summed E-state index contributed by atoms with van der Waals surface area (Å²) in [7, 11) is -3.99. The van der Waals surface area contributed by atoms with Crippen molar-refractivity contribution in [2.45, 2.75) is 147 Å². The van der Waals surface area contributed by atoms with Crippen LogP contribution in [0.1, 0.15) is 62.3 Å². The molecule has 204 valence electrons. The molecule has 0 N–H and O–H groups in total. The summed E-state index contributed by atoms with van der Waals surface area (Å²) in [6.45, 7) is 20.7. The van der Waals surface area contributed by atoms with Crippen molar-refractivity contribution in [3.8, 4) is 0 Å². The normalized spacial score (nSPS) is 26.7. The molecule has 1 aliphatic rings. The highest BCUT2D eigenvalue weighted by atomic mass is 127. The summed E-state index contributed by atoms with van der Waals surface area (Å²) in [5.74, 6) is 0. The molecule has 0 amide bonds. The summed E-state index contributed by atoms with van der Waals surface area (Å²) < 4.78 is 35.2. The average molecular weight is 647 g/mol. The van der Waals surface area contributed by atoms with Gasteiger partial charge in [0.15, 0.2) is 31.2 Å². The van der Waals surface area contributed by atoms with E-state index in [1.165, 1.54) is 0 Å². The second-order valence-corrected chi connectivity index (χ2v) is 25.0. The lowest BCUT2D eigenvalue weighted by atomic mass is 10.00. The highest BCUT2D eigenvalue weighted by Crippen LogP contribution is 2.39. The van der Waals surface area contributed by atoms with Gasteiger partial charge in [0, 0.05) is 11.5 Å². The van der Waals surface area contributed by atoms with Gasteiger partial charge < -0.3 is 22.8 Å². The first-order valence-electron chi connectivity index (χ1n) is 14.0. The Morgan fingerprint density at radius 3 is 1.18 bits per heavy atom. The van der Waals surface area contributed by atoms with Gasteiger partial charge in [-0.2, -0.15) is 0 Å². The molecule has 1 aliphatic heterocycles. The average Bonchev–Trinajstić information content (AvgIpc) is 2.90. The third kappa shape index (κ3) is 7.61. The van der Waals surface area contributed by atoms with Gasteiger partial charge in [0.2, 0.25) is 0 Å². The Bertz CT molecular complexity index is 498. The zero-order valence-corrected chi connectivity index (χ0v) is 29.0. The van der Waals surface area contributed by atoms with Gasteiger partial charge in [-0.15, -0.1) is 0 Å². The topological polar surface area (TPSA) is 46.2 Å². The molecule has 0 aromatic heterocycles. The fourth-order valence-electron chi connectivity index (χ4n) is 5.46. The second kappa shape index (κ2) is 15.6. The highest BCUT2D eigenvalue weighted by molar-refractivity contribution is 14.1. The molecule has 0 aliphatic carbocycles. The Kier molecular flexibility index (Phi) is 15.2. The molecule has 0 aromatic rings.